The summed E-state index contributed by atoms with van der Waals surface area (Å²) in [5.41, 5.74) is 3.06. The average Bonchev–Trinajstić information content (AvgIpc) is 3.07. The van der Waals surface area contributed by atoms with E-state index in [2.05, 4.69) is 29.2 Å². The Labute approximate surface area is 119 Å². The molecule has 1 fully saturated rings. The van der Waals surface area contributed by atoms with Crippen molar-refractivity contribution in [3.8, 4) is 0 Å². The number of anilines is 1. The maximum Gasteiger partial charge on any atom is 0.156 e. The molecule has 20 heavy (non-hydrogen) atoms. The third-order valence-electron chi connectivity index (χ3n) is 4.11. The monoisotopic (exact) mass is 273 g/mol. The minimum absolute atomic E-state index is 0.554. The molecule has 1 saturated carbocycles. The molecule has 108 valence electrons. The molecule has 2 aromatic heterocycles. The van der Waals surface area contributed by atoms with Gasteiger partial charge in [0.25, 0.3) is 0 Å². The first-order valence-electron chi connectivity index (χ1n) is 7.73. The van der Waals surface area contributed by atoms with Crippen LogP contribution in [0.2, 0.25) is 0 Å². The van der Waals surface area contributed by atoms with Gasteiger partial charge in [-0.2, -0.15) is 5.10 Å². The summed E-state index contributed by atoms with van der Waals surface area (Å²) in [5.74, 6) is 1.87. The van der Waals surface area contributed by atoms with Crippen LogP contribution in [0.1, 0.15) is 51.0 Å². The minimum atomic E-state index is 0.554. The third kappa shape index (κ3) is 2.25. The van der Waals surface area contributed by atoms with Crippen molar-refractivity contribution in [2.45, 2.75) is 65.5 Å². The normalized spacial score (nSPS) is 16.1. The smallest absolute Gasteiger partial charge is 0.156 e. The van der Waals surface area contributed by atoms with Crippen LogP contribution in [-0.2, 0) is 13.0 Å². The molecule has 0 bridgehead atoms. The first kappa shape index (κ1) is 13.3. The van der Waals surface area contributed by atoms with Crippen LogP contribution in [-0.4, -0.2) is 25.8 Å². The van der Waals surface area contributed by atoms with Crippen LogP contribution < -0.4 is 5.32 Å². The Hall–Kier alpha value is -1.65. The molecular weight excluding hydrogens is 250 g/mol. The number of nitrogens with zero attached hydrogens (tertiary/aromatic N) is 4. The number of fused-ring (bicyclic) bond motifs is 1. The molecule has 0 unspecified atom stereocenters. The highest BCUT2D eigenvalue weighted by Crippen LogP contribution is 2.27. The zero-order chi connectivity index (χ0) is 14.1. The van der Waals surface area contributed by atoms with Crippen molar-refractivity contribution in [2.75, 3.05) is 5.32 Å². The Bertz CT molecular complexity index is 610. The first-order valence-corrected chi connectivity index (χ1v) is 7.73. The average molecular weight is 273 g/mol. The first-order chi connectivity index (χ1) is 9.72. The van der Waals surface area contributed by atoms with E-state index >= 15 is 0 Å². The lowest BCUT2D eigenvalue weighted by molar-refractivity contribution is 0.673. The zero-order valence-corrected chi connectivity index (χ0v) is 12.6. The summed E-state index contributed by atoms with van der Waals surface area (Å²) in [6.45, 7) is 7.08. The van der Waals surface area contributed by atoms with E-state index in [0.29, 0.717) is 6.04 Å². The van der Waals surface area contributed by atoms with E-state index in [1.165, 1.54) is 25.7 Å². The molecular formula is C15H23N5. The molecule has 2 heterocycles. The van der Waals surface area contributed by atoms with Crippen molar-refractivity contribution in [3.05, 3.63) is 11.5 Å². The van der Waals surface area contributed by atoms with Gasteiger partial charge < -0.3 is 5.32 Å². The van der Waals surface area contributed by atoms with Gasteiger partial charge in [-0.25, -0.2) is 9.97 Å². The molecule has 0 saturated heterocycles. The van der Waals surface area contributed by atoms with E-state index < -0.39 is 0 Å². The zero-order valence-electron chi connectivity index (χ0n) is 12.6. The van der Waals surface area contributed by atoms with Crippen molar-refractivity contribution >= 4 is 16.9 Å². The van der Waals surface area contributed by atoms with Gasteiger partial charge in [0.15, 0.2) is 5.82 Å². The Morgan fingerprint density at radius 3 is 2.60 bits per heavy atom. The molecule has 0 radical (unpaired) electrons. The highest BCUT2D eigenvalue weighted by Gasteiger charge is 2.20. The fourth-order valence-electron chi connectivity index (χ4n) is 3.03. The molecule has 0 aromatic carbocycles. The molecule has 0 atom stereocenters. The van der Waals surface area contributed by atoms with Crippen molar-refractivity contribution < 1.29 is 0 Å². The van der Waals surface area contributed by atoms with Crippen LogP contribution in [0, 0.1) is 6.92 Å². The van der Waals surface area contributed by atoms with Gasteiger partial charge in [-0.1, -0.05) is 19.8 Å². The number of hydrogen-bond acceptors (Lipinski definition) is 4. The van der Waals surface area contributed by atoms with E-state index in [0.717, 1.165) is 41.3 Å². The fraction of sp³-hybridized carbons (Fsp3) is 0.667. The van der Waals surface area contributed by atoms with Gasteiger partial charge in [0, 0.05) is 19.0 Å². The fourth-order valence-corrected chi connectivity index (χ4v) is 3.03. The maximum atomic E-state index is 4.72. The number of rotatable bonds is 4. The van der Waals surface area contributed by atoms with Crippen molar-refractivity contribution in [1.29, 1.82) is 0 Å². The number of aromatic nitrogens is 4. The second-order valence-corrected chi connectivity index (χ2v) is 5.57. The Kier molecular flexibility index (Phi) is 3.59. The van der Waals surface area contributed by atoms with E-state index in [4.69, 9.17) is 4.98 Å². The quantitative estimate of drug-likeness (QED) is 0.930. The topological polar surface area (TPSA) is 55.6 Å². The van der Waals surface area contributed by atoms with Gasteiger partial charge in [0.2, 0.25) is 0 Å². The van der Waals surface area contributed by atoms with E-state index in [-0.39, 0.29) is 0 Å². The molecule has 1 aliphatic rings. The van der Waals surface area contributed by atoms with Gasteiger partial charge in [0.05, 0.1) is 5.69 Å². The van der Waals surface area contributed by atoms with Gasteiger partial charge in [-0.05, 0) is 26.7 Å². The molecule has 5 nitrogen and oxygen atoms in total. The molecule has 1 N–H and O–H groups in total. The maximum absolute atomic E-state index is 4.72. The lowest BCUT2D eigenvalue weighted by Crippen LogP contribution is -2.17. The predicted molar refractivity (Wildman–Crippen MR) is 81.0 cm³/mol. The standard InChI is InChI=1S/C15H23N5/c1-4-12-17-13-10(3)19-20(5-2)14(13)15(18-12)16-11-8-6-7-9-11/h11H,4-9H2,1-3H3,(H,16,17,18). The molecule has 5 heteroatoms. The van der Waals surface area contributed by atoms with Crippen molar-refractivity contribution in [2.24, 2.45) is 0 Å². The molecule has 2 aromatic rings. The van der Waals surface area contributed by atoms with Crippen LogP contribution in [0.4, 0.5) is 5.82 Å². The summed E-state index contributed by atoms with van der Waals surface area (Å²) in [6.07, 6.45) is 5.97. The van der Waals surface area contributed by atoms with Crippen LogP contribution in [0.25, 0.3) is 11.0 Å². The summed E-state index contributed by atoms with van der Waals surface area (Å²) in [4.78, 5) is 9.38. The molecule has 0 spiro atoms. The lowest BCUT2D eigenvalue weighted by Gasteiger charge is -2.15. The summed E-state index contributed by atoms with van der Waals surface area (Å²) in [6, 6.07) is 0.554. The van der Waals surface area contributed by atoms with Gasteiger partial charge in [-0.15, -0.1) is 0 Å². The summed E-state index contributed by atoms with van der Waals surface area (Å²) in [7, 11) is 0. The number of hydrogen-bond donors (Lipinski definition) is 1. The van der Waals surface area contributed by atoms with Gasteiger partial charge >= 0.3 is 0 Å². The summed E-state index contributed by atoms with van der Waals surface area (Å²) >= 11 is 0. The minimum Gasteiger partial charge on any atom is -0.365 e. The highest BCUT2D eigenvalue weighted by atomic mass is 15.3. The second kappa shape index (κ2) is 5.38. The Morgan fingerprint density at radius 2 is 1.95 bits per heavy atom. The highest BCUT2D eigenvalue weighted by molar-refractivity contribution is 5.87. The SMILES string of the molecule is CCc1nc(NC2CCCC2)c2c(n1)c(C)nn2CC. The van der Waals surface area contributed by atoms with Crippen LogP contribution in [0.3, 0.4) is 0 Å². The van der Waals surface area contributed by atoms with Crippen LogP contribution >= 0.6 is 0 Å². The Morgan fingerprint density at radius 1 is 1.20 bits per heavy atom. The lowest BCUT2D eigenvalue weighted by atomic mass is 10.2. The molecule has 0 amide bonds. The number of aryl methyl sites for hydroxylation is 3. The van der Waals surface area contributed by atoms with Gasteiger partial charge in [-0.3, -0.25) is 4.68 Å². The summed E-state index contributed by atoms with van der Waals surface area (Å²) < 4.78 is 2.02. The second-order valence-electron chi connectivity index (χ2n) is 5.57. The largest absolute Gasteiger partial charge is 0.365 e. The van der Waals surface area contributed by atoms with Crippen LogP contribution in [0.15, 0.2) is 0 Å². The Balaban J connectivity index is 2.10. The van der Waals surface area contributed by atoms with E-state index in [1.807, 2.05) is 11.6 Å². The molecule has 3 rings (SSSR count). The molecule has 0 aliphatic heterocycles. The van der Waals surface area contributed by atoms with E-state index in [9.17, 15) is 0 Å². The number of nitrogens with one attached hydrogen (secondary N) is 1. The van der Waals surface area contributed by atoms with Gasteiger partial charge in [0.1, 0.15) is 16.9 Å². The van der Waals surface area contributed by atoms with Crippen LogP contribution in [0.5, 0.6) is 0 Å². The van der Waals surface area contributed by atoms with Crippen molar-refractivity contribution in [1.82, 2.24) is 19.7 Å². The molecule has 1 aliphatic carbocycles. The van der Waals surface area contributed by atoms with Crippen molar-refractivity contribution in [3.63, 3.8) is 0 Å². The summed E-state index contributed by atoms with van der Waals surface area (Å²) in [5, 5.41) is 8.23. The third-order valence-corrected chi connectivity index (χ3v) is 4.11. The van der Waals surface area contributed by atoms with E-state index in [1.54, 1.807) is 0 Å². The predicted octanol–water partition coefficient (Wildman–Crippen LogP) is 3.07.